The summed E-state index contributed by atoms with van der Waals surface area (Å²) in [5.74, 6) is 0.380. The van der Waals surface area contributed by atoms with E-state index in [2.05, 4.69) is 4.90 Å². The third kappa shape index (κ3) is 5.02. The molecule has 1 saturated heterocycles. The Labute approximate surface area is 148 Å². The Bertz CT molecular complexity index is 556. The van der Waals surface area contributed by atoms with E-state index in [4.69, 9.17) is 26.2 Å². The van der Waals surface area contributed by atoms with Gasteiger partial charge in [-0.3, -0.25) is 9.69 Å². The van der Waals surface area contributed by atoms with Crippen LogP contribution in [0.3, 0.4) is 0 Å². The van der Waals surface area contributed by atoms with Gasteiger partial charge < -0.3 is 14.6 Å². The van der Waals surface area contributed by atoms with Crippen LogP contribution in [0.2, 0.25) is 5.02 Å². The van der Waals surface area contributed by atoms with Gasteiger partial charge >= 0.3 is 5.97 Å². The summed E-state index contributed by atoms with van der Waals surface area (Å²) in [4.78, 5) is 13.3. The van der Waals surface area contributed by atoms with Crippen LogP contribution in [0.1, 0.15) is 38.7 Å². The molecule has 134 valence electrons. The zero-order valence-corrected chi connectivity index (χ0v) is 15.1. The number of halogens is 1. The van der Waals surface area contributed by atoms with E-state index >= 15 is 0 Å². The Kier molecular flexibility index (Phi) is 7.18. The highest BCUT2D eigenvalue weighted by Crippen LogP contribution is 2.37. The molecule has 1 N–H and O–H groups in total. The molecule has 1 aromatic rings. The lowest BCUT2D eigenvalue weighted by molar-refractivity contribution is -0.143. The van der Waals surface area contributed by atoms with Crippen molar-refractivity contribution in [3.05, 3.63) is 22.7 Å². The zero-order valence-electron chi connectivity index (χ0n) is 14.4. The molecule has 0 radical (unpaired) electrons. The van der Waals surface area contributed by atoms with E-state index in [0.717, 1.165) is 31.6 Å². The second-order valence-electron chi connectivity index (χ2n) is 6.08. The van der Waals surface area contributed by atoms with Gasteiger partial charge in [-0.25, -0.2) is 0 Å². The normalized spacial score (nSPS) is 16.1. The number of rotatable bonds is 8. The van der Waals surface area contributed by atoms with Crippen LogP contribution in [0.15, 0.2) is 12.1 Å². The Hall–Kier alpha value is -1.46. The minimum absolute atomic E-state index is 0.214. The maximum Gasteiger partial charge on any atom is 0.306 e. The van der Waals surface area contributed by atoms with Gasteiger partial charge in [0, 0.05) is 6.54 Å². The van der Waals surface area contributed by atoms with Crippen LogP contribution in [0.5, 0.6) is 11.5 Å². The van der Waals surface area contributed by atoms with Crippen LogP contribution in [-0.4, -0.2) is 42.3 Å². The number of benzene rings is 1. The van der Waals surface area contributed by atoms with Crippen molar-refractivity contribution in [3.8, 4) is 11.5 Å². The molecule has 1 fully saturated rings. The highest BCUT2D eigenvalue weighted by Gasteiger charge is 2.24. The first kappa shape index (κ1) is 18.9. The highest BCUT2D eigenvalue weighted by molar-refractivity contribution is 6.32. The molecule has 6 heteroatoms. The van der Waals surface area contributed by atoms with Crippen molar-refractivity contribution in [1.29, 1.82) is 0 Å². The van der Waals surface area contributed by atoms with Crippen LogP contribution in [0, 0.1) is 5.92 Å². The van der Waals surface area contributed by atoms with Gasteiger partial charge in [0.2, 0.25) is 0 Å². The van der Waals surface area contributed by atoms with Gasteiger partial charge in [-0.05, 0) is 57.0 Å². The molecule has 0 aliphatic carbocycles. The van der Waals surface area contributed by atoms with E-state index in [1.165, 1.54) is 0 Å². The molecule has 1 aliphatic heterocycles. The third-order valence-electron chi connectivity index (χ3n) is 4.16. The molecular weight excluding hydrogens is 330 g/mol. The van der Waals surface area contributed by atoms with E-state index in [9.17, 15) is 4.79 Å². The summed E-state index contributed by atoms with van der Waals surface area (Å²) >= 11 is 6.39. The first-order valence-corrected chi connectivity index (χ1v) is 8.96. The smallest absolute Gasteiger partial charge is 0.306 e. The maximum atomic E-state index is 11.0. The molecule has 0 atom stereocenters. The summed E-state index contributed by atoms with van der Waals surface area (Å²) in [7, 11) is 0. The third-order valence-corrected chi connectivity index (χ3v) is 4.44. The van der Waals surface area contributed by atoms with Crippen LogP contribution in [0.4, 0.5) is 0 Å². The molecule has 1 aromatic carbocycles. The lowest BCUT2D eigenvalue weighted by atomic mass is 9.97. The average molecular weight is 356 g/mol. The fraction of sp³-hybridized carbons (Fsp3) is 0.611. The average Bonchev–Trinajstić information content (AvgIpc) is 2.55. The fourth-order valence-electron chi connectivity index (χ4n) is 2.92. The summed E-state index contributed by atoms with van der Waals surface area (Å²) in [6.07, 6.45) is 2.29. The number of hydrogen-bond acceptors (Lipinski definition) is 4. The van der Waals surface area contributed by atoms with Gasteiger partial charge in [0.25, 0.3) is 0 Å². The summed E-state index contributed by atoms with van der Waals surface area (Å²) in [5, 5.41) is 9.64. The van der Waals surface area contributed by atoms with E-state index in [1.54, 1.807) is 0 Å². The van der Waals surface area contributed by atoms with Gasteiger partial charge in [-0.1, -0.05) is 18.5 Å². The molecule has 0 spiro atoms. The van der Waals surface area contributed by atoms with Gasteiger partial charge in [0.05, 0.1) is 24.2 Å². The fourth-order valence-corrected chi connectivity index (χ4v) is 3.20. The predicted molar refractivity (Wildman–Crippen MR) is 94.0 cm³/mol. The van der Waals surface area contributed by atoms with Crippen molar-refractivity contribution >= 4 is 17.6 Å². The van der Waals surface area contributed by atoms with E-state index < -0.39 is 5.97 Å². The Morgan fingerprint density at radius 1 is 1.29 bits per heavy atom. The largest absolute Gasteiger partial charge is 0.490 e. The first-order valence-electron chi connectivity index (χ1n) is 8.58. The summed E-state index contributed by atoms with van der Waals surface area (Å²) in [6, 6.07) is 3.89. The quantitative estimate of drug-likeness (QED) is 0.768. The topological polar surface area (TPSA) is 59.0 Å². The summed E-state index contributed by atoms with van der Waals surface area (Å²) in [6.45, 7) is 7.43. The number of hydrogen-bond donors (Lipinski definition) is 1. The number of carboxylic acid groups (broad SMARTS) is 1. The minimum atomic E-state index is -0.686. The number of likely N-dealkylation sites (tertiary alicyclic amines) is 1. The molecule has 5 nitrogen and oxygen atoms in total. The second-order valence-corrected chi connectivity index (χ2v) is 6.48. The monoisotopic (exact) mass is 355 g/mol. The number of nitrogens with zero attached hydrogens (tertiary/aromatic N) is 1. The first-order chi connectivity index (χ1) is 11.5. The number of carboxylic acids is 1. The maximum absolute atomic E-state index is 11.0. The van der Waals surface area contributed by atoms with Gasteiger partial charge in [-0.15, -0.1) is 0 Å². The molecule has 0 amide bonds. The molecule has 0 aromatic heterocycles. The van der Waals surface area contributed by atoms with Crippen molar-refractivity contribution < 1.29 is 19.4 Å². The molecule has 0 bridgehead atoms. The molecule has 2 rings (SSSR count). The lowest BCUT2D eigenvalue weighted by Gasteiger charge is -2.30. The van der Waals surface area contributed by atoms with Crippen LogP contribution < -0.4 is 9.47 Å². The van der Waals surface area contributed by atoms with Crippen molar-refractivity contribution in [2.24, 2.45) is 5.92 Å². The Balaban J connectivity index is 2.06. The highest BCUT2D eigenvalue weighted by atomic mass is 35.5. The molecule has 1 aliphatic rings. The van der Waals surface area contributed by atoms with Crippen molar-refractivity contribution in [3.63, 3.8) is 0 Å². The van der Waals surface area contributed by atoms with Crippen molar-refractivity contribution in [1.82, 2.24) is 4.90 Å². The predicted octanol–water partition coefficient (Wildman–Crippen LogP) is 3.82. The molecule has 0 unspecified atom stereocenters. The zero-order chi connectivity index (χ0) is 17.5. The molecule has 1 heterocycles. The summed E-state index contributed by atoms with van der Waals surface area (Å²) in [5.41, 5.74) is 1.06. The molecule has 0 saturated carbocycles. The Morgan fingerprint density at radius 3 is 2.58 bits per heavy atom. The van der Waals surface area contributed by atoms with E-state index in [-0.39, 0.29) is 5.92 Å². The van der Waals surface area contributed by atoms with Gasteiger partial charge in [0.1, 0.15) is 0 Å². The van der Waals surface area contributed by atoms with Gasteiger partial charge in [0.15, 0.2) is 11.5 Å². The minimum Gasteiger partial charge on any atom is -0.490 e. The lowest BCUT2D eigenvalue weighted by Crippen LogP contribution is -2.35. The standard InChI is InChI=1S/C18H26ClNO4/c1-3-9-24-17-15(19)10-13(11-16(17)23-4-2)12-20-7-5-14(6-8-20)18(21)22/h10-11,14H,3-9,12H2,1-2H3,(H,21,22). The number of ether oxygens (including phenoxy) is 2. The summed E-state index contributed by atoms with van der Waals surface area (Å²) < 4.78 is 11.4. The number of piperidine rings is 1. The van der Waals surface area contributed by atoms with Crippen molar-refractivity contribution in [2.75, 3.05) is 26.3 Å². The number of carbonyl (C=O) groups is 1. The SMILES string of the molecule is CCCOc1c(Cl)cc(CN2CCC(C(=O)O)CC2)cc1OCC. The van der Waals surface area contributed by atoms with Crippen molar-refractivity contribution in [2.45, 2.75) is 39.7 Å². The molecule has 24 heavy (non-hydrogen) atoms. The van der Waals surface area contributed by atoms with Crippen LogP contribution in [-0.2, 0) is 11.3 Å². The second kappa shape index (κ2) is 9.14. The Morgan fingerprint density at radius 2 is 2.00 bits per heavy atom. The van der Waals surface area contributed by atoms with E-state index in [0.29, 0.717) is 42.6 Å². The van der Waals surface area contributed by atoms with Crippen LogP contribution in [0.25, 0.3) is 0 Å². The number of aliphatic carboxylic acids is 1. The van der Waals surface area contributed by atoms with Crippen LogP contribution >= 0.6 is 11.6 Å². The molecular formula is C18H26ClNO4. The van der Waals surface area contributed by atoms with E-state index in [1.807, 2.05) is 26.0 Å². The van der Waals surface area contributed by atoms with Gasteiger partial charge in [-0.2, -0.15) is 0 Å².